The smallest absolute Gasteiger partial charge is 0.403 e. The zero-order valence-electron chi connectivity index (χ0n) is 9.14. The Hall–Kier alpha value is -1.55. The number of rotatable bonds is 3. The summed E-state index contributed by atoms with van der Waals surface area (Å²) in [7, 11) is 0. The number of ether oxygens (including phenoxy) is 1. The van der Waals surface area contributed by atoms with Crippen LogP contribution in [0.4, 0.5) is 26.3 Å². The summed E-state index contributed by atoms with van der Waals surface area (Å²) in [5.41, 5.74) is 2.18. The van der Waals surface area contributed by atoms with Gasteiger partial charge in [0.15, 0.2) is 5.75 Å². The van der Waals surface area contributed by atoms with Gasteiger partial charge in [-0.25, -0.2) is 0 Å². The minimum Gasteiger partial charge on any atom is -0.403 e. The van der Waals surface area contributed by atoms with Crippen LogP contribution >= 0.6 is 0 Å². The second-order valence-electron chi connectivity index (χ2n) is 3.33. The summed E-state index contributed by atoms with van der Waals surface area (Å²) in [6.07, 6.45) is -10.2. The number of hydrogen-bond acceptors (Lipinski definition) is 4. The molecular weight excluding hydrogens is 282 g/mol. The highest BCUT2D eigenvalue weighted by molar-refractivity contribution is 5.43. The van der Waals surface area contributed by atoms with E-state index in [0.717, 1.165) is 0 Å². The molecule has 0 spiro atoms. The van der Waals surface area contributed by atoms with Crippen LogP contribution in [0.5, 0.6) is 5.75 Å². The second-order valence-corrected chi connectivity index (χ2v) is 3.33. The van der Waals surface area contributed by atoms with E-state index in [1.54, 1.807) is 0 Å². The highest BCUT2D eigenvalue weighted by atomic mass is 19.4. The third kappa shape index (κ3) is 3.70. The van der Waals surface area contributed by atoms with Crippen LogP contribution in [0.15, 0.2) is 6.20 Å². The first-order chi connectivity index (χ1) is 8.60. The van der Waals surface area contributed by atoms with Gasteiger partial charge in [-0.2, -0.15) is 13.2 Å². The van der Waals surface area contributed by atoms with Crippen molar-refractivity contribution >= 4 is 0 Å². The van der Waals surface area contributed by atoms with E-state index in [0.29, 0.717) is 0 Å². The van der Waals surface area contributed by atoms with Crippen molar-refractivity contribution in [1.29, 1.82) is 0 Å². The molecule has 19 heavy (non-hydrogen) atoms. The van der Waals surface area contributed by atoms with E-state index in [1.807, 2.05) is 0 Å². The van der Waals surface area contributed by atoms with E-state index in [9.17, 15) is 26.3 Å². The van der Waals surface area contributed by atoms with Crippen LogP contribution in [0, 0.1) is 0 Å². The van der Waals surface area contributed by atoms with Crippen molar-refractivity contribution in [3.63, 3.8) is 0 Å². The molecule has 1 rings (SSSR count). The van der Waals surface area contributed by atoms with Crippen LogP contribution in [-0.4, -0.2) is 16.5 Å². The van der Waals surface area contributed by atoms with E-state index in [2.05, 4.69) is 9.72 Å². The summed E-state index contributed by atoms with van der Waals surface area (Å²) < 4.78 is 77.6. The minimum absolute atomic E-state index is 0.275. The van der Waals surface area contributed by atoms with E-state index < -0.39 is 42.6 Å². The molecule has 1 aromatic rings. The number of alkyl halides is 6. The van der Waals surface area contributed by atoms with Crippen molar-refractivity contribution in [3.8, 4) is 5.75 Å². The highest BCUT2D eigenvalue weighted by Crippen LogP contribution is 2.41. The van der Waals surface area contributed by atoms with Gasteiger partial charge in [0.1, 0.15) is 5.56 Å². The summed E-state index contributed by atoms with van der Waals surface area (Å²) in [6.45, 7) is -1.63. The van der Waals surface area contributed by atoms with Gasteiger partial charge in [0.05, 0.1) is 18.5 Å². The number of aromatic nitrogens is 1. The summed E-state index contributed by atoms with van der Waals surface area (Å²) in [4.78, 5) is 3.32. The van der Waals surface area contributed by atoms with Gasteiger partial charge in [0.25, 0.3) is 0 Å². The van der Waals surface area contributed by atoms with Crippen LogP contribution in [0.25, 0.3) is 0 Å². The molecule has 0 bridgehead atoms. The van der Waals surface area contributed by atoms with E-state index in [1.165, 1.54) is 0 Å². The molecule has 108 valence electrons. The van der Waals surface area contributed by atoms with Crippen molar-refractivity contribution < 1.29 is 36.2 Å². The zero-order valence-corrected chi connectivity index (χ0v) is 9.14. The lowest BCUT2D eigenvalue weighted by atomic mass is 10.1. The Labute approximate surface area is 102 Å². The Kier molecular flexibility index (Phi) is 4.25. The Bertz CT molecular complexity index is 457. The van der Waals surface area contributed by atoms with E-state index >= 15 is 0 Å². The average molecular weight is 290 g/mol. The Morgan fingerprint density at radius 2 is 1.79 bits per heavy atom. The monoisotopic (exact) mass is 290 g/mol. The van der Waals surface area contributed by atoms with Gasteiger partial charge in [-0.1, -0.05) is 0 Å². The zero-order chi connectivity index (χ0) is 14.8. The molecule has 0 aliphatic rings. The van der Waals surface area contributed by atoms with Gasteiger partial charge in [0.2, 0.25) is 0 Å². The first-order valence-electron chi connectivity index (χ1n) is 4.74. The number of nitrogens with zero attached hydrogens (tertiary/aromatic N) is 1. The maximum atomic E-state index is 12.8. The lowest BCUT2D eigenvalue weighted by Gasteiger charge is -2.19. The van der Waals surface area contributed by atoms with Gasteiger partial charge < -0.3 is 15.6 Å². The van der Waals surface area contributed by atoms with Crippen molar-refractivity contribution in [2.24, 2.45) is 5.73 Å². The van der Waals surface area contributed by atoms with Crippen molar-refractivity contribution in [2.75, 3.05) is 0 Å². The third-order valence-electron chi connectivity index (χ3n) is 2.09. The van der Waals surface area contributed by atoms with Crippen LogP contribution in [-0.2, 0) is 19.3 Å². The van der Waals surface area contributed by atoms with Crippen molar-refractivity contribution in [3.05, 3.63) is 23.0 Å². The number of halogens is 6. The predicted octanol–water partition coefficient (Wildman–Crippen LogP) is 1.95. The molecule has 1 heterocycles. The summed E-state index contributed by atoms with van der Waals surface area (Å²) in [6, 6.07) is 0. The summed E-state index contributed by atoms with van der Waals surface area (Å²) >= 11 is 0. The molecule has 0 amide bonds. The molecule has 0 aliphatic heterocycles. The molecular formula is C9H8F6N2O2. The van der Waals surface area contributed by atoms with Crippen molar-refractivity contribution in [2.45, 2.75) is 25.7 Å². The molecule has 0 saturated heterocycles. The number of nitrogens with two attached hydrogens (primary N) is 1. The maximum absolute atomic E-state index is 12.8. The summed E-state index contributed by atoms with van der Waals surface area (Å²) in [5.74, 6) is -1.53. The molecule has 0 atom stereocenters. The number of hydrogen-bond donors (Lipinski definition) is 2. The molecule has 0 fully saturated rings. The summed E-state index contributed by atoms with van der Waals surface area (Å²) in [5, 5.41) is 8.88. The van der Waals surface area contributed by atoms with Gasteiger partial charge in [-0.15, -0.1) is 13.2 Å². The van der Waals surface area contributed by atoms with E-state index in [4.69, 9.17) is 10.8 Å². The standard InChI is InChI=1S/C9H8F6N2O2/c10-8(11,12)7-4(3-18)5(1-16)17-2-6(7)19-9(13,14)15/h2,18H,1,3,16H2. The normalized spacial score (nSPS) is 12.6. The quantitative estimate of drug-likeness (QED) is 0.835. The molecule has 0 unspecified atom stereocenters. The first kappa shape index (κ1) is 15.5. The molecule has 0 aromatic carbocycles. The fourth-order valence-electron chi connectivity index (χ4n) is 1.43. The number of aliphatic hydroxyl groups excluding tert-OH is 1. The molecule has 10 heteroatoms. The van der Waals surface area contributed by atoms with Gasteiger partial charge >= 0.3 is 12.5 Å². The molecule has 1 aromatic heterocycles. The minimum atomic E-state index is -5.31. The first-order valence-corrected chi connectivity index (χ1v) is 4.74. The molecule has 0 aliphatic carbocycles. The molecule has 0 radical (unpaired) electrons. The van der Waals surface area contributed by atoms with Crippen LogP contribution in [0.1, 0.15) is 16.8 Å². The van der Waals surface area contributed by atoms with Crippen molar-refractivity contribution in [1.82, 2.24) is 4.98 Å². The Morgan fingerprint density at radius 3 is 2.16 bits per heavy atom. The van der Waals surface area contributed by atoms with Crippen LogP contribution in [0.3, 0.4) is 0 Å². The largest absolute Gasteiger partial charge is 0.573 e. The lowest BCUT2D eigenvalue weighted by Crippen LogP contribution is -2.23. The van der Waals surface area contributed by atoms with E-state index in [-0.39, 0.29) is 11.9 Å². The van der Waals surface area contributed by atoms with Gasteiger partial charge in [-0.3, -0.25) is 4.98 Å². The Balaban J connectivity index is 3.48. The lowest BCUT2D eigenvalue weighted by molar-refractivity contribution is -0.276. The Morgan fingerprint density at radius 1 is 1.21 bits per heavy atom. The predicted molar refractivity (Wildman–Crippen MR) is 49.7 cm³/mol. The molecule has 3 N–H and O–H groups in total. The number of pyridine rings is 1. The maximum Gasteiger partial charge on any atom is 0.573 e. The molecule has 0 saturated carbocycles. The SMILES string of the molecule is NCc1ncc(OC(F)(F)F)c(C(F)(F)F)c1CO. The topological polar surface area (TPSA) is 68.4 Å². The van der Waals surface area contributed by atoms with Gasteiger partial charge in [0, 0.05) is 12.1 Å². The average Bonchev–Trinajstić information content (AvgIpc) is 2.24. The fourth-order valence-corrected chi connectivity index (χ4v) is 1.43. The fraction of sp³-hybridized carbons (Fsp3) is 0.444. The van der Waals surface area contributed by atoms with Crippen LogP contribution < -0.4 is 10.5 Å². The highest BCUT2D eigenvalue weighted by Gasteiger charge is 2.42. The third-order valence-corrected chi connectivity index (χ3v) is 2.09. The van der Waals surface area contributed by atoms with Gasteiger partial charge in [-0.05, 0) is 0 Å². The second kappa shape index (κ2) is 5.21. The number of aliphatic hydroxyl groups is 1. The molecule has 4 nitrogen and oxygen atoms in total. The van der Waals surface area contributed by atoms with Crippen LogP contribution in [0.2, 0.25) is 0 Å².